The van der Waals surface area contributed by atoms with E-state index in [1.54, 1.807) is 42.3 Å². The van der Waals surface area contributed by atoms with E-state index in [2.05, 4.69) is 5.32 Å². The van der Waals surface area contributed by atoms with E-state index in [4.69, 9.17) is 16.3 Å². The van der Waals surface area contributed by atoms with Gasteiger partial charge in [0.15, 0.2) is 0 Å². The third-order valence-corrected chi connectivity index (χ3v) is 6.60. The zero-order valence-corrected chi connectivity index (χ0v) is 20.2. The van der Waals surface area contributed by atoms with Crippen LogP contribution in [0.2, 0.25) is 5.02 Å². The van der Waals surface area contributed by atoms with Crippen molar-refractivity contribution in [3.63, 3.8) is 0 Å². The van der Waals surface area contributed by atoms with Crippen molar-refractivity contribution >= 4 is 29.2 Å². The Kier molecular flexibility index (Phi) is 6.93. The number of benzene rings is 3. The number of ether oxygens (including phenoxy) is 1. The predicted octanol–water partition coefficient (Wildman–Crippen LogP) is 5.69. The number of methoxy groups -OCH3 is 1. The molecule has 1 heterocycles. The standard InChI is InChI=1S/C26H24ClF2N3O3/c1-15-17-11-10-16(25(33)30-13-18-21(28)8-5-9-24(18)35-3)12-23(17)32(26(34)31(15)2)14-19-20(27)6-4-7-22(19)29/h4-12,15H,13-14H2,1-3H3,(H,30,33)/t15-/m0/s1. The third-order valence-electron chi connectivity index (χ3n) is 6.25. The highest BCUT2D eigenvalue weighted by Crippen LogP contribution is 2.38. The predicted molar refractivity (Wildman–Crippen MR) is 130 cm³/mol. The van der Waals surface area contributed by atoms with Gasteiger partial charge >= 0.3 is 6.03 Å². The second-order valence-corrected chi connectivity index (χ2v) is 8.64. The molecule has 0 radical (unpaired) electrons. The first-order valence-electron chi connectivity index (χ1n) is 10.9. The summed E-state index contributed by atoms with van der Waals surface area (Å²) in [4.78, 5) is 29.0. The van der Waals surface area contributed by atoms with Crippen LogP contribution in [0.4, 0.5) is 19.3 Å². The van der Waals surface area contributed by atoms with E-state index >= 15 is 0 Å². The van der Waals surface area contributed by atoms with Gasteiger partial charge in [0, 0.05) is 35.3 Å². The number of carbonyl (C=O) groups excluding carboxylic acids is 2. The lowest BCUT2D eigenvalue weighted by Gasteiger charge is -2.39. The fourth-order valence-corrected chi connectivity index (χ4v) is 4.33. The molecule has 0 saturated carbocycles. The lowest BCUT2D eigenvalue weighted by Crippen LogP contribution is -2.46. The molecule has 182 valence electrons. The molecule has 0 fully saturated rings. The minimum absolute atomic E-state index is 0.0849. The van der Waals surface area contributed by atoms with E-state index in [0.717, 1.165) is 5.56 Å². The molecule has 3 aromatic rings. The van der Waals surface area contributed by atoms with E-state index in [9.17, 15) is 18.4 Å². The number of fused-ring (bicyclic) bond motifs is 1. The number of amides is 3. The van der Waals surface area contributed by atoms with E-state index in [1.807, 2.05) is 6.92 Å². The Labute approximate surface area is 207 Å². The van der Waals surface area contributed by atoms with Gasteiger partial charge in [-0.05, 0) is 48.9 Å². The number of rotatable bonds is 6. The SMILES string of the molecule is COc1cccc(F)c1CNC(=O)c1ccc2c(c1)N(Cc1c(F)cccc1Cl)C(=O)N(C)[C@H]2C. The zero-order valence-electron chi connectivity index (χ0n) is 19.4. The zero-order chi connectivity index (χ0) is 25.3. The number of hydrogen-bond donors (Lipinski definition) is 1. The van der Waals surface area contributed by atoms with Crippen molar-refractivity contribution in [1.29, 1.82) is 0 Å². The Hall–Kier alpha value is -3.65. The van der Waals surface area contributed by atoms with Crippen molar-refractivity contribution in [2.45, 2.75) is 26.1 Å². The number of nitrogens with one attached hydrogen (secondary N) is 1. The smallest absolute Gasteiger partial charge is 0.325 e. The molecule has 0 bridgehead atoms. The first-order valence-corrected chi connectivity index (χ1v) is 11.3. The number of carbonyl (C=O) groups is 2. The van der Waals surface area contributed by atoms with Gasteiger partial charge < -0.3 is 15.0 Å². The molecule has 1 aliphatic rings. The molecule has 0 saturated heterocycles. The summed E-state index contributed by atoms with van der Waals surface area (Å²) in [7, 11) is 3.09. The molecule has 35 heavy (non-hydrogen) atoms. The van der Waals surface area contributed by atoms with Crippen molar-refractivity contribution in [3.05, 3.63) is 93.5 Å². The summed E-state index contributed by atoms with van der Waals surface area (Å²) in [5.74, 6) is -1.15. The molecule has 0 spiro atoms. The highest BCUT2D eigenvalue weighted by molar-refractivity contribution is 6.31. The molecule has 1 N–H and O–H groups in total. The molecule has 6 nitrogen and oxygen atoms in total. The van der Waals surface area contributed by atoms with Crippen molar-refractivity contribution in [2.75, 3.05) is 19.1 Å². The van der Waals surface area contributed by atoms with E-state index in [1.165, 1.54) is 36.3 Å². The van der Waals surface area contributed by atoms with Crippen molar-refractivity contribution < 1.29 is 23.1 Å². The largest absolute Gasteiger partial charge is 0.496 e. The van der Waals surface area contributed by atoms with Crippen LogP contribution in [-0.4, -0.2) is 31.0 Å². The molecule has 0 aromatic heterocycles. The molecule has 1 aliphatic heterocycles. The third kappa shape index (κ3) is 4.66. The molecule has 3 amide bonds. The van der Waals surface area contributed by atoms with Gasteiger partial charge in [-0.25, -0.2) is 13.6 Å². The maximum absolute atomic E-state index is 14.5. The molecule has 4 rings (SSSR count). The number of urea groups is 1. The highest BCUT2D eigenvalue weighted by Gasteiger charge is 2.34. The van der Waals surface area contributed by atoms with Crippen LogP contribution >= 0.6 is 11.6 Å². The molecule has 9 heteroatoms. The van der Waals surface area contributed by atoms with Gasteiger partial charge in [0.25, 0.3) is 5.91 Å². The molecular weight excluding hydrogens is 476 g/mol. The maximum atomic E-state index is 14.5. The van der Waals surface area contributed by atoms with Crippen LogP contribution in [0.1, 0.15) is 40.0 Å². The summed E-state index contributed by atoms with van der Waals surface area (Å²) in [6.45, 7) is 1.68. The molecule has 0 aliphatic carbocycles. The number of halogens is 3. The Bertz CT molecular complexity index is 1280. The van der Waals surface area contributed by atoms with Crippen molar-refractivity contribution in [1.82, 2.24) is 10.2 Å². The van der Waals surface area contributed by atoms with Gasteiger partial charge in [0.1, 0.15) is 17.4 Å². The molecule has 3 aromatic carbocycles. The van der Waals surface area contributed by atoms with Crippen LogP contribution in [0.3, 0.4) is 0 Å². The minimum atomic E-state index is -0.527. The average Bonchev–Trinajstić information content (AvgIpc) is 2.85. The Morgan fingerprint density at radius 1 is 1.09 bits per heavy atom. The van der Waals surface area contributed by atoms with Crippen LogP contribution in [0.25, 0.3) is 0 Å². The van der Waals surface area contributed by atoms with E-state index in [0.29, 0.717) is 11.4 Å². The maximum Gasteiger partial charge on any atom is 0.325 e. The number of hydrogen-bond acceptors (Lipinski definition) is 3. The summed E-state index contributed by atoms with van der Waals surface area (Å²) >= 11 is 6.21. The van der Waals surface area contributed by atoms with E-state index < -0.39 is 17.5 Å². The summed E-state index contributed by atoms with van der Waals surface area (Å²) in [5, 5.41) is 2.90. The molecule has 0 unspecified atom stereocenters. The second-order valence-electron chi connectivity index (χ2n) is 8.23. The second kappa shape index (κ2) is 9.92. The summed E-state index contributed by atoms with van der Waals surface area (Å²) < 4.78 is 33.9. The Morgan fingerprint density at radius 3 is 2.46 bits per heavy atom. The lowest BCUT2D eigenvalue weighted by atomic mass is 9.98. The van der Waals surface area contributed by atoms with E-state index in [-0.39, 0.29) is 46.9 Å². The van der Waals surface area contributed by atoms with Gasteiger partial charge in [-0.2, -0.15) is 0 Å². The fourth-order valence-electron chi connectivity index (χ4n) is 4.11. The Balaban J connectivity index is 1.65. The Morgan fingerprint density at radius 2 is 1.77 bits per heavy atom. The van der Waals surface area contributed by atoms with Crippen LogP contribution in [-0.2, 0) is 13.1 Å². The average molecular weight is 500 g/mol. The molecule has 1 atom stereocenters. The first-order chi connectivity index (χ1) is 16.7. The quantitative estimate of drug-likeness (QED) is 0.474. The van der Waals surface area contributed by atoms with Crippen LogP contribution in [0, 0.1) is 11.6 Å². The number of anilines is 1. The minimum Gasteiger partial charge on any atom is -0.496 e. The van der Waals surface area contributed by atoms with Crippen LogP contribution in [0.15, 0.2) is 54.6 Å². The summed E-state index contributed by atoms with van der Waals surface area (Å²) in [6, 6.07) is 13.1. The highest BCUT2D eigenvalue weighted by atomic mass is 35.5. The first kappa shape index (κ1) is 24.5. The topological polar surface area (TPSA) is 61.9 Å². The van der Waals surface area contributed by atoms with Gasteiger partial charge in [0.05, 0.1) is 25.4 Å². The van der Waals surface area contributed by atoms with Gasteiger partial charge in [-0.1, -0.05) is 29.8 Å². The van der Waals surface area contributed by atoms with Gasteiger partial charge in [0.2, 0.25) is 0 Å². The monoisotopic (exact) mass is 499 g/mol. The lowest BCUT2D eigenvalue weighted by molar-refractivity contribution is 0.0950. The number of nitrogens with zero attached hydrogens (tertiary/aromatic N) is 2. The fraction of sp³-hybridized carbons (Fsp3) is 0.231. The van der Waals surface area contributed by atoms with Crippen molar-refractivity contribution in [2.24, 2.45) is 0 Å². The summed E-state index contributed by atoms with van der Waals surface area (Å²) in [6.07, 6.45) is 0. The molecular formula is C26H24ClF2N3O3. The normalized spacial score (nSPS) is 15.1. The van der Waals surface area contributed by atoms with Gasteiger partial charge in [-0.15, -0.1) is 0 Å². The van der Waals surface area contributed by atoms with Crippen molar-refractivity contribution in [3.8, 4) is 5.75 Å². The summed E-state index contributed by atoms with van der Waals surface area (Å²) in [5.41, 5.74) is 1.96. The van der Waals surface area contributed by atoms with Crippen LogP contribution < -0.4 is 15.0 Å². The van der Waals surface area contributed by atoms with Gasteiger partial charge in [-0.3, -0.25) is 9.69 Å². The van der Waals surface area contributed by atoms with Crippen LogP contribution in [0.5, 0.6) is 5.75 Å².